The van der Waals surface area contributed by atoms with Gasteiger partial charge in [-0.15, -0.1) is 0 Å². The average Bonchev–Trinajstić information content (AvgIpc) is 2.71. The van der Waals surface area contributed by atoms with Crippen LogP contribution in [-0.4, -0.2) is 50.8 Å². The number of hydrogen-bond donors (Lipinski definition) is 1. The van der Waals surface area contributed by atoms with E-state index < -0.39 is 0 Å². The first-order chi connectivity index (χ1) is 6.34. The number of likely N-dealkylation sites (tertiary alicyclic amines) is 1. The summed E-state index contributed by atoms with van der Waals surface area (Å²) in [4.78, 5) is 2.39. The van der Waals surface area contributed by atoms with E-state index in [0.29, 0.717) is 6.10 Å². The molecule has 2 aliphatic rings. The highest BCUT2D eigenvalue weighted by Crippen LogP contribution is 2.16. The Labute approximate surface area is 80.4 Å². The third kappa shape index (κ3) is 2.66. The van der Waals surface area contributed by atoms with Gasteiger partial charge in [0.2, 0.25) is 0 Å². The van der Waals surface area contributed by atoms with Gasteiger partial charge in [0.15, 0.2) is 0 Å². The second kappa shape index (κ2) is 4.40. The Bertz CT molecular complexity index is 157. The number of hydrogen-bond acceptors (Lipinski definition) is 3. The molecule has 1 N–H and O–H groups in total. The Morgan fingerprint density at radius 3 is 3.00 bits per heavy atom. The molecule has 0 aromatic carbocycles. The van der Waals surface area contributed by atoms with Gasteiger partial charge < -0.3 is 15.0 Å². The summed E-state index contributed by atoms with van der Waals surface area (Å²) >= 11 is 0. The minimum absolute atomic E-state index is 0.492. The minimum atomic E-state index is 0.492. The van der Waals surface area contributed by atoms with Crippen LogP contribution in [-0.2, 0) is 4.74 Å². The van der Waals surface area contributed by atoms with Gasteiger partial charge in [-0.3, -0.25) is 0 Å². The van der Waals surface area contributed by atoms with Crippen LogP contribution in [0.25, 0.3) is 0 Å². The fourth-order valence-corrected chi connectivity index (χ4v) is 2.20. The molecule has 2 rings (SSSR count). The van der Waals surface area contributed by atoms with Gasteiger partial charge in [-0.2, -0.15) is 0 Å². The highest BCUT2D eigenvalue weighted by molar-refractivity contribution is 4.75. The second-order valence-electron chi connectivity index (χ2n) is 4.37. The van der Waals surface area contributed by atoms with Crippen molar-refractivity contribution in [3.05, 3.63) is 0 Å². The molecule has 2 aliphatic heterocycles. The van der Waals surface area contributed by atoms with E-state index in [4.69, 9.17) is 4.74 Å². The van der Waals surface area contributed by atoms with Gasteiger partial charge in [0.05, 0.1) is 12.7 Å². The van der Waals surface area contributed by atoms with Gasteiger partial charge in [0.1, 0.15) is 0 Å². The maximum atomic E-state index is 5.85. The van der Waals surface area contributed by atoms with E-state index >= 15 is 0 Å². The van der Waals surface area contributed by atoms with E-state index in [1.165, 1.54) is 25.9 Å². The Kier molecular flexibility index (Phi) is 3.19. The van der Waals surface area contributed by atoms with Crippen molar-refractivity contribution in [1.29, 1.82) is 0 Å². The van der Waals surface area contributed by atoms with Crippen LogP contribution in [0.1, 0.15) is 12.8 Å². The first-order valence-corrected chi connectivity index (χ1v) is 5.35. The van der Waals surface area contributed by atoms with Crippen LogP contribution in [0.2, 0.25) is 0 Å². The monoisotopic (exact) mass is 184 g/mol. The Morgan fingerprint density at radius 2 is 2.38 bits per heavy atom. The Hall–Kier alpha value is -0.120. The van der Waals surface area contributed by atoms with Gasteiger partial charge in [-0.25, -0.2) is 0 Å². The normalized spacial score (nSPS) is 35.8. The Balaban J connectivity index is 1.62. The summed E-state index contributed by atoms with van der Waals surface area (Å²) in [6.07, 6.45) is 3.00. The van der Waals surface area contributed by atoms with E-state index in [1.54, 1.807) is 0 Å². The van der Waals surface area contributed by atoms with Crippen LogP contribution in [0, 0.1) is 5.92 Å². The molecule has 0 bridgehead atoms. The summed E-state index contributed by atoms with van der Waals surface area (Å²) in [6.45, 7) is 5.63. The predicted molar refractivity (Wildman–Crippen MR) is 52.8 cm³/mol. The lowest BCUT2D eigenvalue weighted by atomic mass is 10.1. The van der Waals surface area contributed by atoms with Crippen LogP contribution in [0.4, 0.5) is 0 Å². The van der Waals surface area contributed by atoms with Crippen molar-refractivity contribution in [2.45, 2.75) is 18.9 Å². The molecule has 0 amide bonds. The van der Waals surface area contributed by atoms with Crippen LogP contribution in [0.5, 0.6) is 0 Å². The number of nitrogens with zero attached hydrogens (tertiary/aromatic N) is 1. The van der Waals surface area contributed by atoms with Crippen molar-refractivity contribution in [2.24, 2.45) is 5.92 Å². The van der Waals surface area contributed by atoms with E-state index in [9.17, 15) is 0 Å². The van der Waals surface area contributed by atoms with Crippen LogP contribution in [0.15, 0.2) is 0 Å². The molecule has 0 aliphatic carbocycles. The minimum Gasteiger partial charge on any atom is -0.377 e. The molecule has 2 saturated heterocycles. The topological polar surface area (TPSA) is 24.5 Å². The second-order valence-corrected chi connectivity index (χ2v) is 4.37. The quantitative estimate of drug-likeness (QED) is 0.683. The molecule has 2 unspecified atom stereocenters. The van der Waals surface area contributed by atoms with Crippen molar-refractivity contribution in [3.8, 4) is 0 Å². The molecule has 0 radical (unpaired) electrons. The van der Waals surface area contributed by atoms with Crippen molar-refractivity contribution in [3.63, 3.8) is 0 Å². The predicted octanol–water partition coefficient (Wildman–Crippen LogP) is 0.317. The zero-order valence-corrected chi connectivity index (χ0v) is 8.46. The summed E-state index contributed by atoms with van der Waals surface area (Å²) in [5.41, 5.74) is 0. The molecule has 0 aromatic rings. The molecule has 2 atom stereocenters. The van der Waals surface area contributed by atoms with Gasteiger partial charge in [0, 0.05) is 13.1 Å². The fourth-order valence-electron chi connectivity index (χ4n) is 2.20. The molecule has 3 heteroatoms. The van der Waals surface area contributed by atoms with Gasteiger partial charge in [-0.1, -0.05) is 0 Å². The molecular formula is C10H20N2O. The molecular weight excluding hydrogens is 164 g/mol. The third-order valence-electron chi connectivity index (χ3n) is 3.07. The smallest absolute Gasteiger partial charge is 0.0711 e. The zero-order valence-electron chi connectivity index (χ0n) is 8.46. The van der Waals surface area contributed by atoms with Crippen molar-refractivity contribution >= 4 is 0 Å². The lowest BCUT2D eigenvalue weighted by molar-refractivity contribution is 0.0434. The van der Waals surface area contributed by atoms with Crippen molar-refractivity contribution in [2.75, 3.05) is 39.8 Å². The van der Waals surface area contributed by atoms with Crippen molar-refractivity contribution < 1.29 is 4.74 Å². The average molecular weight is 184 g/mol. The summed E-state index contributed by atoms with van der Waals surface area (Å²) in [6, 6.07) is 0. The standard InChI is InChI=1S/C10H20N2O/c1-12-5-3-9(7-12)8-13-10-2-4-11-6-10/h9-11H,2-8H2,1H3. The summed E-state index contributed by atoms with van der Waals surface area (Å²) in [5.74, 6) is 0.783. The lowest BCUT2D eigenvalue weighted by Gasteiger charge is -2.14. The van der Waals surface area contributed by atoms with Gasteiger partial charge in [0.25, 0.3) is 0 Å². The molecule has 0 spiro atoms. The highest BCUT2D eigenvalue weighted by Gasteiger charge is 2.22. The van der Waals surface area contributed by atoms with E-state index in [2.05, 4.69) is 17.3 Å². The maximum Gasteiger partial charge on any atom is 0.0711 e. The molecule has 0 saturated carbocycles. The number of rotatable bonds is 3. The molecule has 2 fully saturated rings. The molecule has 76 valence electrons. The first kappa shape index (κ1) is 9.44. The summed E-state index contributed by atoms with van der Waals surface area (Å²) in [5, 5.41) is 3.32. The van der Waals surface area contributed by atoms with E-state index in [-0.39, 0.29) is 0 Å². The Morgan fingerprint density at radius 1 is 1.46 bits per heavy atom. The zero-order chi connectivity index (χ0) is 9.10. The maximum absolute atomic E-state index is 5.85. The lowest BCUT2D eigenvalue weighted by Crippen LogP contribution is -2.22. The van der Waals surface area contributed by atoms with Crippen LogP contribution >= 0.6 is 0 Å². The van der Waals surface area contributed by atoms with Crippen LogP contribution < -0.4 is 5.32 Å². The summed E-state index contributed by atoms with van der Waals surface area (Å²) in [7, 11) is 2.19. The molecule has 3 nitrogen and oxygen atoms in total. The largest absolute Gasteiger partial charge is 0.377 e. The third-order valence-corrected chi connectivity index (χ3v) is 3.07. The van der Waals surface area contributed by atoms with E-state index in [1.807, 2.05) is 0 Å². The van der Waals surface area contributed by atoms with Crippen LogP contribution in [0.3, 0.4) is 0 Å². The molecule has 13 heavy (non-hydrogen) atoms. The van der Waals surface area contributed by atoms with Crippen molar-refractivity contribution in [1.82, 2.24) is 10.2 Å². The molecule has 0 aromatic heterocycles. The fraction of sp³-hybridized carbons (Fsp3) is 1.00. The SMILES string of the molecule is CN1CCC(COC2CCNC2)C1. The highest BCUT2D eigenvalue weighted by atomic mass is 16.5. The van der Waals surface area contributed by atoms with E-state index in [0.717, 1.165) is 25.6 Å². The van der Waals surface area contributed by atoms with Gasteiger partial charge in [-0.05, 0) is 38.9 Å². The number of ether oxygens (including phenoxy) is 1. The molecule has 2 heterocycles. The number of nitrogens with one attached hydrogen (secondary N) is 1. The summed E-state index contributed by atoms with van der Waals surface area (Å²) < 4.78 is 5.85. The first-order valence-electron chi connectivity index (χ1n) is 5.35. The van der Waals surface area contributed by atoms with Gasteiger partial charge >= 0.3 is 0 Å².